The van der Waals surface area contributed by atoms with E-state index >= 15 is 0 Å². The average Bonchev–Trinajstić information content (AvgIpc) is 3.24. The molecule has 6 heteroatoms. The Hall–Kier alpha value is -2.99. The quantitative estimate of drug-likeness (QED) is 0.702. The second-order valence-electron chi connectivity index (χ2n) is 7.46. The summed E-state index contributed by atoms with van der Waals surface area (Å²) in [6.07, 6.45) is 7.41. The number of aromatic nitrogens is 3. The van der Waals surface area contributed by atoms with Crippen LogP contribution in [0.4, 0.5) is 0 Å². The number of hydrogen-bond acceptors (Lipinski definition) is 4. The van der Waals surface area contributed by atoms with Crippen LogP contribution in [0.15, 0.2) is 61.1 Å². The van der Waals surface area contributed by atoms with Crippen molar-refractivity contribution in [3.05, 3.63) is 66.6 Å². The Morgan fingerprint density at radius 2 is 1.93 bits per heavy atom. The highest BCUT2D eigenvalue weighted by Crippen LogP contribution is 2.26. The van der Waals surface area contributed by atoms with Gasteiger partial charge >= 0.3 is 0 Å². The molecule has 2 aromatic heterocycles. The zero-order chi connectivity index (χ0) is 20.1. The van der Waals surface area contributed by atoms with Crippen molar-refractivity contribution in [1.29, 1.82) is 0 Å². The summed E-state index contributed by atoms with van der Waals surface area (Å²) in [6.45, 7) is 5.73. The molecule has 1 amide bonds. The number of pyridine rings is 1. The van der Waals surface area contributed by atoms with Gasteiger partial charge in [-0.05, 0) is 56.1 Å². The predicted molar refractivity (Wildman–Crippen MR) is 114 cm³/mol. The van der Waals surface area contributed by atoms with Gasteiger partial charge in [0.1, 0.15) is 5.69 Å². The molecule has 1 fully saturated rings. The van der Waals surface area contributed by atoms with Gasteiger partial charge in [0.15, 0.2) is 0 Å². The van der Waals surface area contributed by atoms with E-state index in [1.165, 1.54) is 0 Å². The van der Waals surface area contributed by atoms with Gasteiger partial charge in [-0.25, -0.2) is 4.68 Å². The standard InChI is InChI=1S/C23H27N5O/c1-2-24-15-18-10-13-27(14-11-18)23(29)21-17-28(20-8-4-3-5-9-20)26-22(21)19-7-6-12-25-16-19/h3-9,12,16-18,24H,2,10-11,13-15H2,1H3. The van der Waals surface area contributed by atoms with Crippen molar-refractivity contribution in [3.63, 3.8) is 0 Å². The summed E-state index contributed by atoms with van der Waals surface area (Å²) < 4.78 is 1.79. The fourth-order valence-electron chi connectivity index (χ4n) is 3.82. The Morgan fingerprint density at radius 1 is 1.14 bits per heavy atom. The monoisotopic (exact) mass is 389 g/mol. The summed E-state index contributed by atoms with van der Waals surface area (Å²) in [4.78, 5) is 19.6. The predicted octanol–water partition coefficient (Wildman–Crippen LogP) is 3.40. The lowest BCUT2D eigenvalue weighted by Crippen LogP contribution is -2.40. The normalized spacial score (nSPS) is 14.9. The molecule has 6 nitrogen and oxygen atoms in total. The third-order valence-corrected chi connectivity index (χ3v) is 5.49. The average molecular weight is 390 g/mol. The van der Waals surface area contributed by atoms with E-state index in [0.29, 0.717) is 17.2 Å². The van der Waals surface area contributed by atoms with E-state index in [0.717, 1.165) is 50.3 Å². The van der Waals surface area contributed by atoms with Gasteiger partial charge < -0.3 is 10.2 Å². The first-order chi connectivity index (χ1) is 14.3. The summed E-state index contributed by atoms with van der Waals surface area (Å²) in [5.41, 5.74) is 3.10. The maximum absolute atomic E-state index is 13.4. The number of carbonyl (C=O) groups is 1. The molecule has 0 aliphatic carbocycles. The molecule has 29 heavy (non-hydrogen) atoms. The summed E-state index contributed by atoms with van der Waals surface area (Å²) in [5.74, 6) is 0.691. The SMILES string of the molecule is CCNCC1CCN(C(=O)c2cn(-c3ccccc3)nc2-c2cccnc2)CC1. The Bertz CT molecular complexity index is 930. The zero-order valence-electron chi connectivity index (χ0n) is 16.8. The third-order valence-electron chi connectivity index (χ3n) is 5.49. The molecule has 4 rings (SSSR count). The molecule has 0 atom stereocenters. The molecule has 0 bridgehead atoms. The van der Waals surface area contributed by atoms with Crippen LogP contribution >= 0.6 is 0 Å². The van der Waals surface area contributed by atoms with Crippen molar-refractivity contribution in [2.45, 2.75) is 19.8 Å². The molecule has 0 saturated carbocycles. The van der Waals surface area contributed by atoms with Crippen molar-refractivity contribution in [1.82, 2.24) is 25.0 Å². The lowest BCUT2D eigenvalue weighted by atomic mass is 9.96. The first-order valence-corrected chi connectivity index (χ1v) is 10.3. The van der Waals surface area contributed by atoms with Crippen molar-refractivity contribution in [3.8, 4) is 16.9 Å². The van der Waals surface area contributed by atoms with Crippen LogP contribution < -0.4 is 5.32 Å². The number of carbonyl (C=O) groups excluding carboxylic acids is 1. The molecule has 1 aromatic carbocycles. The largest absolute Gasteiger partial charge is 0.339 e. The summed E-state index contributed by atoms with van der Waals surface area (Å²) >= 11 is 0. The molecule has 3 aromatic rings. The van der Waals surface area contributed by atoms with Crippen LogP contribution in [0.3, 0.4) is 0 Å². The highest BCUT2D eigenvalue weighted by Gasteiger charge is 2.27. The van der Waals surface area contributed by atoms with Crippen LogP contribution in [0.1, 0.15) is 30.1 Å². The molecular formula is C23H27N5O. The number of hydrogen-bond donors (Lipinski definition) is 1. The molecular weight excluding hydrogens is 362 g/mol. The van der Waals surface area contributed by atoms with E-state index in [9.17, 15) is 4.79 Å². The summed E-state index contributed by atoms with van der Waals surface area (Å²) in [6, 6.07) is 13.7. The minimum atomic E-state index is 0.0490. The highest BCUT2D eigenvalue weighted by atomic mass is 16.2. The van der Waals surface area contributed by atoms with E-state index in [1.54, 1.807) is 17.1 Å². The lowest BCUT2D eigenvalue weighted by molar-refractivity contribution is 0.0691. The van der Waals surface area contributed by atoms with E-state index in [4.69, 9.17) is 5.10 Å². The maximum atomic E-state index is 13.4. The van der Waals surface area contributed by atoms with Gasteiger partial charge in [-0.1, -0.05) is 25.1 Å². The maximum Gasteiger partial charge on any atom is 0.257 e. The van der Waals surface area contributed by atoms with Crippen LogP contribution in [-0.4, -0.2) is 51.8 Å². The molecule has 0 unspecified atom stereocenters. The van der Waals surface area contributed by atoms with E-state index in [1.807, 2.05) is 53.6 Å². The van der Waals surface area contributed by atoms with Gasteiger partial charge in [-0.15, -0.1) is 0 Å². The Morgan fingerprint density at radius 3 is 2.62 bits per heavy atom. The topological polar surface area (TPSA) is 63.1 Å². The van der Waals surface area contributed by atoms with Crippen LogP contribution in [0.5, 0.6) is 0 Å². The Balaban J connectivity index is 1.60. The van der Waals surface area contributed by atoms with Crippen molar-refractivity contribution < 1.29 is 4.79 Å². The van der Waals surface area contributed by atoms with Gasteiger partial charge in [0.05, 0.1) is 11.3 Å². The van der Waals surface area contributed by atoms with E-state index < -0.39 is 0 Å². The highest BCUT2D eigenvalue weighted by molar-refractivity contribution is 6.00. The number of amides is 1. The van der Waals surface area contributed by atoms with Crippen LogP contribution in [0.25, 0.3) is 16.9 Å². The second-order valence-corrected chi connectivity index (χ2v) is 7.46. The zero-order valence-corrected chi connectivity index (χ0v) is 16.8. The third kappa shape index (κ3) is 4.38. The van der Waals surface area contributed by atoms with Gasteiger partial charge in [0, 0.05) is 37.2 Å². The Kier molecular flexibility index (Phi) is 6.00. The minimum Gasteiger partial charge on any atom is -0.339 e. The van der Waals surface area contributed by atoms with Gasteiger partial charge in [-0.2, -0.15) is 5.10 Å². The molecule has 1 saturated heterocycles. The number of nitrogens with zero attached hydrogens (tertiary/aromatic N) is 4. The fraction of sp³-hybridized carbons (Fsp3) is 0.348. The van der Waals surface area contributed by atoms with Crippen molar-refractivity contribution in [2.24, 2.45) is 5.92 Å². The van der Waals surface area contributed by atoms with Crippen molar-refractivity contribution in [2.75, 3.05) is 26.2 Å². The van der Waals surface area contributed by atoms with E-state index in [-0.39, 0.29) is 5.91 Å². The molecule has 0 spiro atoms. The smallest absolute Gasteiger partial charge is 0.257 e. The molecule has 0 radical (unpaired) electrons. The van der Waals surface area contributed by atoms with Crippen LogP contribution in [0, 0.1) is 5.92 Å². The van der Waals surface area contributed by atoms with Gasteiger partial charge in [0.25, 0.3) is 5.91 Å². The minimum absolute atomic E-state index is 0.0490. The van der Waals surface area contributed by atoms with Gasteiger partial charge in [0.2, 0.25) is 0 Å². The van der Waals surface area contributed by atoms with Crippen LogP contribution in [0.2, 0.25) is 0 Å². The number of likely N-dealkylation sites (tertiary alicyclic amines) is 1. The molecule has 150 valence electrons. The summed E-state index contributed by atoms with van der Waals surface area (Å²) in [5, 5.41) is 8.16. The second kappa shape index (κ2) is 9.01. The molecule has 1 aliphatic heterocycles. The number of benzene rings is 1. The molecule has 1 aliphatic rings. The first kappa shape index (κ1) is 19.3. The number of para-hydroxylation sites is 1. The van der Waals surface area contributed by atoms with Crippen molar-refractivity contribution >= 4 is 5.91 Å². The number of piperidine rings is 1. The fourth-order valence-corrected chi connectivity index (χ4v) is 3.82. The van der Waals surface area contributed by atoms with E-state index in [2.05, 4.69) is 17.2 Å². The number of nitrogens with one attached hydrogen (secondary N) is 1. The number of rotatable bonds is 6. The lowest BCUT2D eigenvalue weighted by Gasteiger charge is -2.32. The molecule has 1 N–H and O–H groups in total. The Labute approximate surface area is 171 Å². The molecule has 3 heterocycles. The first-order valence-electron chi connectivity index (χ1n) is 10.3. The van der Waals surface area contributed by atoms with Gasteiger partial charge in [-0.3, -0.25) is 9.78 Å². The van der Waals surface area contributed by atoms with Crippen LogP contribution in [-0.2, 0) is 0 Å². The summed E-state index contributed by atoms with van der Waals surface area (Å²) in [7, 11) is 0.